The summed E-state index contributed by atoms with van der Waals surface area (Å²) in [6.07, 6.45) is 3.37. The molecule has 0 unspecified atom stereocenters. The SMILES string of the molecule is Cc1cc2c(N3CCN(c4ncnc5sc(C)cc45)CC3)ncnc2s1. The summed E-state index contributed by atoms with van der Waals surface area (Å²) in [6.45, 7) is 7.95. The maximum absolute atomic E-state index is 4.57. The van der Waals surface area contributed by atoms with E-state index in [0.717, 1.165) is 47.5 Å². The van der Waals surface area contributed by atoms with Crippen molar-refractivity contribution in [3.05, 3.63) is 34.5 Å². The van der Waals surface area contributed by atoms with Gasteiger partial charge in [-0.15, -0.1) is 22.7 Å². The van der Waals surface area contributed by atoms with Crippen LogP contribution in [0.25, 0.3) is 20.4 Å². The molecule has 132 valence electrons. The molecule has 5 heterocycles. The number of hydrogen-bond donors (Lipinski definition) is 0. The fourth-order valence-electron chi connectivity index (χ4n) is 3.56. The van der Waals surface area contributed by atoms with Crippen LogP contribution >= 0.6 is 22.7 Å². The fourth-order valence-corrected chi connectivity index (χ4v) is 5.24. The topological polar surface area (TPSA) is 58.0 Å². The highest BCUT2D eigenvalue weighted by molar-refractivity contribution is 7.19. The summed E-state index contributed by atoms with van der Waals surface area (Å²) < 4.78 is 0. The first-order valence-electron chi connectivity index (χ1n) is 8.61. The van der Waals surface area contributed by atoms with E-state index in [1.165, 1.54) is 20.5 Å². The standard InChI is InChI=1S/C18H18N6S2/c1-11-7-13-15(19-9-21-17(13)25-11)23-3-5-24(6-4-23)16-14-8-12(2)26-18(14)22-10-20-16/h7-10H,3-6H2,1-2H3. The summed E-state index contributed by atoms with van der Waals surface area (Å²) >= 11 is 3.45. The third-order valence-electron chi connectivity index (χ3n) is 4.74. The number of rotatable bonds is 2. The van der Waals surface area contributed by atoms with E-state index in [9.17, 15) is 0 Å². The predicted octanol–water partition coefficient (Wildman–Crippen LogP) is 3.64. The molecule has 0 spiro atoms. The first-order chi connectivity index (χ1) is 12.7. The maximum atomic E-state index is 4.57. The molecule has 6 nitrogen and oxygen atoms in total. The van der Waals surface area contributed by atoms with Crippen molar-refractivity contribution < 1.29 is 0 Å². The second-order valence-corrected chi connectivity index (χ2v) is 8.99. The lowest BCUT2D eigenvalue weighted by molar-refractivity contribution is 0.644. The number of anilines is 2. The van der Waals surface area contributed by atoms with E-state index in [1.54, 1.807) is 35.3 Å². The van der Waals surface area contributed by atoms with Gasteiger partial charge in [0.15, 0.2) is 0 Å². The molecule has 0 bridgehead atoms. The molecule has 0 aliphatic carbocycles. The van der Waals surface area contributed by atoms with Gasteiger partial charge in [-0.1, -0.05) is 0 Å². The largest absolute Gasteiger partial charge is 0.352 e. The number of thiophene rings is 2. The number of aryl methyl sites for hydroxylation is 2. The summed E-state index contributed by atoms with van der Waals surface area (Å²) in [7, 11) is 0. The van der Waals surface area contributed by atoms with Gasteiger partial charge in [0.2, 0.25) is 0 Å². The Morgan fingerprint density at radius 2 is 1.12 bits per heavy atom. The van der Waals surface area contributed by atoms with Crippen LogP contribution in [0.5, 0.6) is 0 Å². The lowest BCUT2D eigenvalue weighted by Crippen LogP contribution is -2.47. The zero-order valence-corrected chi connectivity index (χ0v) is 16.3. The Hall–Kier alpha value is -2.32. The van der Waals surface area contributed by atoms with Gasteiger partial charge in [-0.3, -0.25) is 0 Å². The molecule has 26 heavy (non-hydrogen) atoms. The Morgan fingerprint density at radius 3 is 1.54 bits per heavy atom. The van der Waals surface area contributed by atoms with Crippen molar-refractivity contribution in [1.82, 2.24) is 19.9 Å². The normalized spacial score (nSPS) is 15.3. The van der Waals surface area contributed by atoms with Crippen molar-refractivity contribution in [3.8, 4) is 0 Å². The van der Waals surface area contributed by atoms with E-state index in [4.69, 9.17) is 0 Å². The molecule has 1 saturated heterocycles. The Morgan fingerprint density at radius 1 is 0.692 bits per heavy atom. The molecule has 0 atom stereocenters. The van der Waals surface area contributed by atoms with Crippen LogP contribution in [0.15, 0.2) is 24.8 Å². The quantitative estimate of drug-likeness (QED) is 0.528. The monoisotopic (exact) mass is 382 g/mol. The van der Waals surface area contributed by atoms with Crippen LogP contribution in [-0.2, 0) is 0 Å². The number of hydrogen-bond acceptors (Lipinski definition) is 8. The van der Waals surface area contributed by atoms with Crippen molar-refractivity contribution in [2.75, 3.05) is 36.0 Å². The molecule has 0 N–H and O–H groups in total. The van der Waals surface area contributed by atoms with Crippen LogP contribution in [0, 0.1) is 13.8 Å². The molecule has 1 fully saturated rings. The van der Waals surface area contributed by atoms with E-state index >= 15 is 0 Å². The molecule has 1 aliphatic rings. The molecule has 0 saturated carbocycles. The van der Waals surface area contributed by atoms with Gasteiger partial charge >= 0.3 is 0 Å². The third-order valence-corrected chi connectivity index (χ3v) is 6.66. The Labute approximate surface area is 159 Å². The summed E-state index contributed by atoms with van der Waals surface area (Å²) in [6, 6.07) is 4.40. The van der Waals surface area contributed by atoms with Crippen LogP contribution in [0.2, 0.25) is 0 Å². The minimum Gasteiger partial charge on any atom is -0.352 e. The highest BCUT2D eigenvalue weighted by Gasteiger charge is 2.23. The molecular weight excluding hydrogens is 364 g/mol. The molecule has 4 aromatic heterocycles. The highest BCUT2D eigenvalue weighted by Crippen LogP contribution is 2.32. The van der Waals surface area contributed by atoms with Gasteiger partial charge in [-0.25, -0.2) is 19.9 Å². The van der Waals surface area contributed by atoms with Gasteiger partial charge in [0.25, 0.3) is 0 Å². The average Bonchev–Trinajstić information content (AvgIpc) is 3.22. The number of piperazine rings is 1. The van der Waals surface area contributed by atoms with Gasteiger partial charge in [-0.2, -0.15) is 0 Å². The van der Waals surface area contributed by atoms with Crippen LogP contribution in [0.1, 0.15) is 9.75 Å². The summed E-state index contributed by atoms with van der Waals surface area (Å²) in [5.41, 5.74) is 0. The molecule has 0 aromatic carbocycles. The van der Waals surface area contributed by atoms with Gasteiger partial charge in [0.1, 0.15) is 34.0 Å². The van der Waals surface area contributed by atoms with Gasteiger partial charge in [0.05, 0.1) is 10.8 Å². The molecule has 5 rings (SSSR count). The summed E-state index contributed by atoms with van der Waals surface area (Å²) in [5, 5.41) is 2.34. The zero-order chi connectivity index (χ0) is 17.7. The van der Waals surface area contributed by atoms with Crippen molar-refractivity contribution >= 4 is 54.7 Å². The zero-order valence-electron chi connectivity index (χ0n) is 14.6. The lowest BCUT2D eigenvalue weighted by atomic mass is 10.2. The van der Waals surface area contributed by atoms with Crippen LogP contribution in [0.4, 0.5) is 11.6 Å². The van der Waals surface area contributed by atoms with E-state index in [1.807, 2.05) is 0 Å². The van der Waals surface area contributed by atoms with Gasteiger partial charge in [0, 0.05) is 35.9 Å². The van der Waals surface area contributed by atoms with E-state index in [2.05, 4.69) is 55.7 Å². The van der Waals surface area contributed by atoms with Crippen molar-refractivity contribution in [3.63, 3.8) is 0 Å². The van der Waals surface area contributed by atoms with Crippen molar-refractivity contribution in [2.24, 2.45) is 0 Å². The molecule has 8 heteroatoms. The molecule has 1 aliphatic heterocycles. The highest BCUT2D eigenvalue weighted by atomic mass is 32.1. The molecule has 0 amide bonds. The Balaban J connectivity index is 1.42. The summed E-state index contributed by atoms with van der Waals surface area (Å²) in [4.78, 5) is 27.4. The maximum Gasteiger partial charge on any atom is 0.140 e. The summed E-state index contributed by atoms with van der Waals surface area (Å²) in [5.74, 6) is 2.11. The number of fused-ring (bicyclic) bond motifs is 2. The number of aromatic nitrogens is 4. The Kier molecular flexibility index (Phi) is 3.75. The van der Waals surface area contributed by atoms with Crippen molar-refractivity contribution in [2.45, 2.75) is 13.8 Å². The smallest absolute Gasteiger partial charge is 0.140 e. The lowest BCUT2D eigenvalue weighted by Gasteiger charge is -2.36. The molecule has 0 radical (unpaired) electrons. The first kappa shape index (κ1) is 15.9. The van der Waals surface area contributed by atoms with E-state index < -0.39 is 0 Å². The second-order valence-electron chi connectivity index (χ2n) is 6.52. The third kappa shape index (κ3) is 2.60. The predicted molar refractivity (Wildman–Crippen MR) is 109 cm³/mol. The van der Waals surface area contributed by atoms with Crippen LogP contribution < -0.4 is 9.80 Å². The Bertz CT molecular complexity index is 1010. The van der Waals surface area contributed by atoms with E-state index in [0.29, 0.717) is 0 Å². The molecular formula is C18H18N6S2. The van der Waals surface area contributed by atoms with Crippen LogP contribution in [-0.4, -0.2) is 46.1 Å². The van der Waals surface area contributed by atoms with Gasteiger partial charge in [-0.05, 0) is 26.0 Å². The van der Waals surface area contributed by atoms with Gasteiger partial charge < -0.3 is 9.80 Å². The minimum absolute atomic E-state index is 0.926. The second kappa shape index (κ2) is 6.14. The fraction of sp³-hybridized carbons (Fsp3) is 0.333. The molecule has 4 aromatic rings. The minimum atomic E-state index is 0.926. The van der Waals surface area contributed by atoms with Crippen molar-refractivity contribution in [1.29, 1.82) is 0 Å². The average molecular weight is 383 g/mol. The first-order valence-corrected chi connectivity index (χ1v) is 10.2. The van der Waals surface area contributed by atoms with Crippen LogP contribution in [0.3, 0.4) is 0 Å². The number of nitrogens with zero attached hydrogens (tertiary/aromatic N) is 6. The van der Waals surface area contributed by atoms with E-state index in [-0.39, 0.29) is 0 Å².